The summed E-state index contributed by atoms with van der Waals surface area (Å²) in [7, 11) is 2.07. The molecule has 0 radical (unpaired) electrons. The second-order valence-electron chi connectivity index (χ2n) is 5.35. The van der Waals surface area contributed by atoms with Crippen molar-refractivity contribution in [3.63, 3.8) is 0 Å². The number of para-hydroxylation sites is 2. The number of aromatic nitrogens is 2. The Balaban J connectivity index is 1.91. The lowest BCUT2D eigenvalue weighted by Crippen LogP contribution is -2.12. The first-order valence-corrected chi connectivity index (χ1v) is 8.08. The maximum Gasteiger partial charge on any atom is 0.131 e. The lowest BCUT2D eigenvalue weighted by Gasteiger charge is -2.16. The van der Waals surface area contributed by atoms with E-state index >= 15 is 0 Å². The highest BCUT2D eigenvalue weighted by molar-refractivity contribution is 14.1. The van der Waals surface area contributed by atoms with Crippen molar-refractivity contribution in [3.05, 3.63) is 57.4 Å². The minimum Gasteiger partial charge on any atom is -0.375 e. The van der Waals surface area contributed by atoms with Gasteiger partial charge in [0.15, 0.2) is 0 Å². The SMILES string of the molecule is Cc1ccc(NC(C)c2nc3ccccc3n2C)cc1I. The van der Waals surface area contributed by atoms with Gasteiger partial charge < -0.3 is 9.88 Å². The summed E-state index contributed by atoms with van der Waals surface area (Å²) >= 11 is 2.37. The number of nitrogens with one attached hydrogen (secondary N) is 1. The van der Waals surface area contributed by atoms with Crippen molar-refractivity contribution < 1.29 is 0 Å². The second kappa shape index (κ2) is 5.67. The molecule has 3 nitrogen and oxygen atoms in total. The number of hydrogen-bond acceptors (Lipinski definition) is 2. The van der Waals surface area contributed by atoms with E-state index in [0.29, 0.717) is 0 Å². The van der Waals surface area contributed by atoms with Crippen LogP contribution in [0.25, 0.3) is 11.0 Å². The van der Waals surface area contributed by atoms with Crippen LogP contribution in [0.3, 0.4) is 0 Å². The summed E-state index contributed by atoms with van der Waals surface area (Å²) in [4.78, 5) is 4.75. The first-order valence-electron chi connectivity index (χ1n) is 7.00. The second-order valence-corrected chi connectivity index (χ2v) is 6.51. The molecule has 1 heterocycles. The van der Waals surface area contributed by atoms with E-state index in [9.17, 15) is 0 Å². The minimum absolute atomic E-state index is 0.154. The number of halogens is 1. The molecular formula is C17H18IN3. The van der Waals surface area contributed by atoms with E-state index in [-0.39, 0.29) is 6.04 Å². The highest BCUT2D eigenvalue weighted by atomic mass is 127. The molecule has 1 aromatic heterocycles. The van der Waals surface area contributed by atoms with Crippen molar-refractivity contribution in [2.45, 2.75) is 19.9 Å². The van der Waals surface area contributed by atoms with Gasteiger partial charge in [-0.05, 0) is 66.3 Å². The van der Waals surface area contributed by atoms with Gasteiger partial charge in [0.2, 0.25) is 0 Å². The molecule has 0 saturated heterocycles. The molecule has 3 rings (SSSR count). The predicted octanol–water partition coefficient (Wildman–Crippen LogP) is 4.66. The van der Waals surface area contributed by atoms with Crippen LogP contribution in [0, 0.1) is 10.5 Å². The molecule has 0 saturated carbocycles. The maximum absolute atomic E-state index is 4.75. The Hall–Kier alpha value is -1.56. The van der Waals surface area contributed by atoms with Crippen LogP contribution in [-0.2, 0) is 7.05 Å². The van der Waals surface area contributed by atoms with Gasteiger partial charge in [-0.25, -0.2) is 4.98 Å². The van der Waals surface area contributed by atoms with Gasteiger partial charge in [-0.1, -0.05) is 18.2 Å². The standard InChI is InChI=1S/C17H18IN3/c1-11-8-9-13(10-14(11)18)19-12(2)17-20-15-6-4-5-7-16(15)21(17)3/h4-10,12,19H,1-3H3. The van der Waals surface area contributed by atoms with Gasteiger partial charge in [-0.15, -0.1) is 0 Å². The Labute approximate surface area is 138 Å². The van der Waals surface area contributed by atoms with Gasteiger partial charge in [0.25, 0.3) is 0 Å². The first-order chi connectivity index (χ1) is 10.1. The van der Waals surface area contributed by atoms with Gasteiger partial charge in [0, 0.05) is 16.3 Å². The van der Waals surface area contributed by atoms with Gasteiger partial charge in [-0.2, -0.15) is 0 Å². The Morgan fingerprint density at radius 3 is 2.67 bits per heavy atom. The minimum atomic E-state index is 0.154. The molecule has 0 aliphatic rings. The van der Waals surface area contributed by atoms with Crippen molar-refractivity contribution >= 4 is 39.3 Å². The van der Waals surface area contributed by atoms with Gasteiger partial charge >= 0.3 is 0 Å². The fourth-order valence-corrected chi connectivity index (χ4v) is 3.06. The van der Waals surface area contributed by atoms with E-state index in [1.54, 1.807) is 0 Å². The fraction of sp³-hybridized carbons (Fsp3) is 0.235. The molecule has 21 heavy (non-hydrogen) atoms. The third kappa shape index (κ3) is 2.77. The predicted molar refractivity (Wildman–Crippen MR) is 96.6 cm³/mol. The highest BCUT2D eigenvalue weighted by Gasteiger charge is 2.14. The normalized spacial score (nSPS) is 12.6. The molecule has 4 heteroatoms. The Morgan fingerprint density at radius 1 is 1.19 bits per heavy atom. The summed E-state index contributed by atoms with van der Waals surface area (Å²) in [6, 6.07) is 14.8. The number of aryl methyl sites for hydroxylation is 2. The third-order valence-electron chi connectivity index (χ3n) is 3.76. The number of fused-ring (bicyclic) bond motifs is 1. The molecule has 0 bridgehead atoms. The molecule has 108 valence electrons. The smallest absolute Gasteiger partial charge is 0.131 e. The van der Waals surface area contributed by atoms with Gasteiger partial charge in [0.05, 0.1) is 17.1 Å². The van der Waals surface area contributed by atoms with Crippen molar-refractivity contribution in [1.82, 2.24) is 9.55 Å². The van der Waals surface area contributed by atoms with E-state index in [1.807, 2.05) is 12.1 Å². The van der Waals surface area contributed by atoms with Crippen LogP contribution < -0.4 is 5.32 Å². The largest absolute Gasteiger partial charge is 0.375 e. The van der Waals surface area contributed by atoms with Crippen LogP contribution in [0.15, 0.2) is 42.5 Å². The zero-order valence-corrected chi connectivity index (χ0v) is 14.5. The number of benzene rings is 2. The molecule has 0 spiro atoms. The number of nitrogens with zero attached hydrogens (tertiary/aromatic N) is 2. The summed E-state index contributed by atoms with van der Waals surface area (Å²) in [5, 5.41) is 3.54. The molecule has 0 fully saturated rings. The molecule has 1 atom stereocenters. The summed E-state index contributed by atoms with van der Waals surface area (Å²) in [6.45, 7) is 4.27. The molecule has 1 unspecified atom stereocenters. The monoisotopic (exact) mass is 391 g/mol. The Kier molecular flexibility index (Phi) is 3.89. The van der Waals surface area contributed by atoms with Crippen LogP contribution in [0.2, 0.25) is 0 Å². The third-order valence-corrected chi connectivity index (χ3v) is 4.93. The molecule has 3 aromatic rings. The maximum atomic E-state index is 4.75. The molecule has 0 aliphatic heterocycles. The average molecular weight is 391 g/mol. The molecule has 0 aliphatic carbocycles. The van der Waals surface area contributed by atoms with Crippen molar-refractivity contribution in [2.24, 2.45) is 7.05 Å². The van der Waals surface area contributed by atoms with Crippen molar-refractivity contribution in [3.8, 4) is 0 Å². The zero-order chi connectivity index (χ0) is 15.0. The number of rotatable bonds is 3. The molecule has 0 amide bonds. The Morgan fingerprint density at radius 2 is 1.95 bits per heavy atom. The van der Waals surface area contributed by atoms with Crippen LogP contribution in [0.4, 0.5) is 5.69 Å². The lowest BCUT2D eigenvalue weighted by molar-refractivity contribution is 0.734. The number of hydrogen-bond donors (Lipinski definition) is 1. The zero-order valence-electron chi connectivity index (χ0n) is 12.4. The number of anilines is 1. The lowest BCUT2D eigenvalue weighted by atomic mass is 10.2. The van der Waals surface area contributed by atoms with Crippen LogP contribution in [0.1, 0.15) is 24.4 Å². The highest BCUT2D eigenvalue weighted by Crippen LogP contribution is 2.24. The molecule has 1 N–H and O–H groups in total. The molecular weight excluding hydrogens is 373 g/mol. The number of imidazole rings is 1. The van der Waals surface area contributed by atoms with Crippen LogP contribution in [-0.4, -0.2) is 9.55 Å². The van der Waals surface area contributed by atoms with Crippen molar-refractivity contribution in [2.75, 3.05) is 5.32 Å². The average Bonchev–Trinajstić information content (AvgIpc) is 2.81. The first kappa shape index (κ1) is 14.4. The van der Waals surface area contributed by atoms with Gasteiger partial charge in [0.1, 0.15) is 5.82 Å². The molecule has 2 aromatic carbocycles. The van der Waals surface area contributed by atoms with E-state index in [1.165, 1.54) is 14.7 Å². The van der Waals surface area contributed by atoms with Crippen LogP contribution in [0.5, 0.6) is 0 Å². The summed E-state index contributed by atoms with van der Waals surface area (Å²) in [6.07, 6.45) is 0. The summed E-state index contributed by atoms with van der Waals surface area (Å²) in [5.41, 5.74) is 4.64. The van der Waals surface area contributed by atoms with E-state index in [2.05, 4.69) is 83.7 Å². The Bertz CT molecular complexity index is 792. The summed E-state index contributed by atoms with van der Waals surface area (Å²) < 4.78 is 3.43. The van der Waals surface area contributed by atoms with Gasteiger partial charge in [-0.3, -0.25) is 0 Å². The van der Waals surface area contributed by atoms with Crippen molar-refractivity contribution in [1.29, 1.82) is 0 Å². The fourth-order valence-electron chi connectivity index (χ4n) is 2.55. The topological polar surface area (TPSA) is 29.9 Å². The van der Waals surface area contributed by atoms with Crippen LogP contribution >= 0.6 is 22.6 Å². The van der Waals surface area contributed by atoms with E-state index in [0.717, 1.165) is 17.0 Å². The van der Waals surface area contributed by atoms with E-state index < -0.39 is 0 Å². The quantitative estimate of drug-likeness (QED) is 0.659. The van der Waals surface area contributed by atoms with E-state index in [4.69, 9.17) is 4.98 Å². The summed E-state index contributed by atoms with van der Waals surface area (Å²) in [5.74, 6) is 1.05.